The van der Waals surface area contributed by atoms with Gasteiger partial charge in [-0.1, -0.05) is 0 Å². The molecular formula is C19H24ClN7O3. The van der Waals surface area contributed by atoms with Gasteiger partial charge in [0.25, 0.3) is 0 Å². The van der Waals surface area contributed by atoms with E-state index >= 15 is 0 Å². The number of rotatable bonds is 8. The SMILES string of the molecule is CNC(C(=O)Nc1cnn(CC(=O)Nc2ccc(OC)cc2)c1)c1cnn(C)c1.Cl. The summed E-state index contributed by atoms with van der Waals surface area (Å²) in [6.45, 7) is 0.0139. The van der Waals surface area contributed by atoms with Crippen LogP contribution < -0.4 is 20.7 Å². The zero-order valence-electron chi connectivity index (χ0n) is 16.8. The van der Waals surface area contributed by atoms with Crippen molar-refractivity contribution in [2.45, 2.75) is 12.6 Å². The molecule has 11 heteroatoms. The Labute approximate surface area is 180 Å². The first-order valence-corrected chi connectivity index (χ1v) is 8.91. The Morgan fingerprint density at radius 3 is 2.40 bits per heavy atom. The van der Waals surface area contributed by atoms with Crippen molar-refractivity contribution in [1.82, 2.24) is 24.9 Å². The fourth-order valence-electron chi connectivity index (χ4n) is 2.79. The van der Waals surface area contributed by atoms with Gasteiger partial charge >= 0.3 is 0 Å². The summed E-state index contributed by atoms with van der Waals surface area (Å²) in [5.41, 5.74) is 1.90. The molecule has 0 bridgehead atoms. The lowest BCUT2D eigenvalue weighted by atomic mass is 10.1. The third-order valence-electron chi connectivity index (χ3n) is 4.19. The largest absolute Gasteiger partial charge is 0.497 e. The summed E-state index contributed by atoms with van der Waals surface area (Å²) in [4.78, 5) is 24.7. The summed E-state index contributed by atoms with van der Waals surface area (Å²) < 4.78 is 8.17. The lowest BCUT2D eigenvalue weighted by molar-refractivity contribution is -0.118. The van der Waals surface area contributed by atoms with Crippen LogP contribution in [0, 0.1) is 0 Å². The van der Waals surface area contributed by atoms with Gasteiger partial charge in [-0.05, 0) is 31.3 Å². The highest BCUT2D eigenvalue weighted by Crippen LogP contribution is 2.16. The molecule has 3 aromatic rings. The molecule has 3 rings (SSSR count). The Morgan fingerprint density at radius 2 is 1.80 bits per heavy atom. The average Bonchev–Trinajstić information content (AvgIpc) is 3.32. The molecule has 1 unspecified atom stereocenters. The van der Waals surface area contributed by atoms with Crippen LogP contribution in [0.1, 0.15) is 11.6 Å². The number of likely N-dealkylation sites (N-methyl/N-ethyl adjacent to an activating group) is 1. The van der Waals surface area contributed by atoms with Crippen LogP contribution in [-0.2, 0) is 23.2 Å². The first-order valence-electron chi connectivity index (χ1n) is 8.91. The number of aryl methyl sites for hydroxylation is 1. The normalized spacial score (nSPS) is 11.3. The predicted octanol–water partition coefficient (Wildman–Crippen LogP) is 1.58. The number of hydrogen-bond donors (Lipinski definition) is 3. The minimum atomic E-state index is -0.551. The number of carbonyl (C=O) groups is 2. The minimum absolute atomic E-state index is 0. The van der Waals surface area contributed by atoms with Crippen LogP contribution in [0.2, 0.25) is 0 Å². The van der Waals surface area contributed by atoms with E-state index in [9.17, 15) is 9.59 Å². The Balaban J connectivity index is 0.00000320. The van der Waals surface area contributed by atoms with Crippen molar-refractivity contribution in [3.8, 4) is 5.75 Å². The van der Waals surface area contributed by atoms with E-state index in [1.807, 2.05) is 0 Å². The van der Waals surface area contributed by atoms with Crippen molar-refractivity contribution in [1.29, 1.82) is 0 Å². The molecule has 0 aliphatic rings. The van der Waals surface area contributed by atoms with Gasteiger partial charge in [0.1, 0.15) is 18.3 Å². The van der Waals surface area contributed by atoms with Crippen molar-refractivity contribution in [3.05, 3.63) is 54.6 Å². The molecule has 160 valence electrons. The van der Waals surface area contributed by atoms with Gasteiger partial charge in [-0.3, -0.25) is 19.0 Å². The molecule has 10 nitrogen and oxygen atoms in total. The van der Waals surface area contributed by atoms with Gasteiger partial charge in [0.15, 0.2) is 0 Å². The summed E-state index contributed by atoms with van der Waals surface area (Å²) in [5, 5.41) is 16.7. The van der Waals surface area contributed by atoms with Gasteiger partial charge < -0.3 is 20.7 Å². The maximum Gasteiger partial charge on any atom is 0.246 e. The smallest absolute Gasteiger partial charge is 0.246 e. The molecule has 0 aliphatic carbocycles. The monoisotopic (exact) mass is 433 g/mol. The first-order chi connectivity index (χ1) is 14.0. The second kappa shape index (κ2) is 10.4. The Bertz CT molecular complexity index is 984. The van der Waals surface area contributed by atoms with Crippen LogP contribution in [-0.4, -0.2) is 45.5 Å². The third kappa shape index (κ3) is 5.82. The molecular weight excluding hydrogens is 410 g/mol. The Hall–Kier alpha value is -3.37. The molecule has 0 aliphatic heterocycles. The topological polar surface area (TPSA) is 115 Å². The molecule has 0 saturated heterocycles. The van der Waals surface area contributed by atoms with Crippen LogP contribution in [0.25, 0.3) is 0 Å². The number of amides is 2. The van der Waals surface area contributed by atoms with E-state index in [4.69, 9.17) is 4.74 Å². The molecule has 30 heavy (non-hydrogen) atoms. The van der Waals surface area contributed by atoms with Crippen molar-refractivity contribution in [3.63, 3.8) is 0 Å². The number of hydrogen-bond acceptors (Lipinski definition) is 6. The number of carbonyl (C=O) groups excluding carboxylic acids is 2. The first kappa shape index (κ1) is 22.9. The molecule has 0 saturated carbocycles. The van der Waals surface area contributed by atoms with Crippen LogP contribution in [0.4, 0.5) is 11.4 Å². The second-order valence-corrected chi connectivity index (χ2v) is 6.36. The predicted molar refractivity (Wildman–Crippen MR) is 115 cm³/mol. The fourth-order valence-corrected chi connectivity index (χ4v) is 2.79. The molecule has 0 fully saturated rings. The molecule has 2 aromatic heterocycles. The van der Waals surface area contributed by atoms with E-state index in [-0.39, 0.29) is 30.8 Å². The van der Waals surface area contributed by atoms with Crippen molar-refractivity contribution in [2.24, 2.45) is 7.05 Å². The number of anilines is 2. The van der Waals surface area contributed by atoms with Crippen LogP contribution >= 0.6 is 12.4 Å². The molecule has 2 amide bonds. The molecule has 1 aromatic carbocycles. The highest BCUT2D eigenvalue weighted by atomic mass is 35.5. The highest BCUT2D eigenvalue weighted by molar-refractivity contribution is 5.95. The number of nitrogens with zero attached hydrogens (tertiary/aromatic N) is 4. The van der Waals surface area contributed by atoms with Crippen LogP contribution in [0.5, 0.6) is 5.75 Å². The number of halogens is 1. The fraction of sp³-hybridized carbons (Fsp3) is 0.263. The maximum absolute atomic E-state index is 12.5. The molecule has 3 N–H and O–H groups in total. The van der Waals surface area contributed by atoms with E-state index in [0.717, 1.165) is 5.56 Å². The summed E-state index contributed by atoms with van der Waals surface area (Å²) in [5.74, 6) is 0.226. The van der Waals surface area contributed by atoms with Gasteiger partial charge in [0, 0.05) is 30.7 Å². The average molecular weight is 434 g/mol. The molecule has 0 radical (unpaired) electrons. The Kier molecular flexibility index (Phi) is 7.96. The zero-order chi connectivity index (χ0) is 20.8. The van der Waals surface area contributed by atoms with E-state index in [2.05, 4.69) is 26.1 Å². The van der Waals surface area contributed by atoms with Crippen molar-refractivity contribution >= 4 is 35.6 Å². The number of aromatic nitrogens is 4. The number of benzene rings is 1. The minimum Gasteiger partial charge on any atom is -0.497 e. The maximum atomic E-state index is 12.5. The van der Waals surface area contributed by atoms with Crippen LogP contribution in [0.15, 0.2) is 49.1 Å². The Morgan fingerprint density at radius 1 is 1.07 bits per heavy atom. The van der Waals surface area contributed by atoms with E-state index < -0.39 is 6.04 Å². The highest BCUT2D eigenvalue weighted by Gasteiger charge is 2.20. The standard InChI is InChI=1S/C19H23N7O3.ClH/c1-20-18(13-8-21-25(2)10-13)19(28)24-15-9-22-26(11-15)12-17(27)23-14-4-6-16(29-3)7-5-14;/h4-11,18,20H,12H2,1-3H3,(H,23,27)(H,24,28);1H. The quantitative estimate of drug-likeness (QED) is 0.497. The van der Waals surface area contributed by atoms with Crippen LogP contribution in [0.3, 0.4) is 0 Å². The van der Waals surface area contributed by atoms with E-state index in [0.29, 0.717) is 17.1 Å². The number of methoxy groups -OCH3 is 1. The molecule has 0 spiro atoms. The zero-order valence-corrected chi connectivity index (χ0v) is 17.6. The summed E-state index contributed by atoms with van der Waals surface area (Å²) in [6, 6.07) is 6.48. The number of nitrogens with one attached hydrogen (secondary N) is 3. The van der Waals surface area contributed by atoms with Gasteiger partial charge in [-0.25, -0.2) is 0 Å². The molecule has 1 atom stereocenters. The molecule has 2 heterocycles. The van der Waals surface area contributed by atoms with Gasteiger partial charge in [0.2, 0.25) is 11.8 Å². The lowest BCUT2D eigenvalue weighted by Gasteiger charge is -2.13. The lowest BCUT2D eigenvalue weighted by Crippen LogP contribution is -2.30. The van der Waals surface area contributed by atoms with Crippen molar-refractivity contribution in [2.75, 3.05) is 24.8 Å². The van der Waals surface area contributed by atoms with Gasteiger partial charge in [-0.2, -0.15) is 10.2 Å². The summed E-state index contributed by atoms with van der Waals surface area (Å²) >= 11 is 0. The van der Waals surface area contributed by atoms with Gasteiger partial charge in [-0.15, -0.1) is 12.4 Å². The van der Waals surface area contributed by atoms with E-state index in [1.165, 1.54) is 10.9 Å². The third-order valence-corrected chi connectivity index (χ3v) is 4.19. The summed E-state index contributed by atoms with van der Waals surface area (Å²) in [7, 11) is 5.07. The number of ether oxygens (including phenoxy) is 1. The van der Waals surface area contributed by atoms with Gasteiger partial charge in [0.05, 0.1) is 25.2 Å². The second-order valence-electron chi connectivity index (χ2n) is 6.36. The van der Waals surface area contributed by atoms with E-state index in [1.54, 1.807) is 68.7 Å². The van der Waals surface area contributed by atoms with Crippen molar-refractivity contribution < 1.29 is 14.3 Å². The summed E-state index contributed by atoms with van der Waals surface area (Å²) in [6.07, 6.45) is 6.50.